The SMILES string of the molecule is CC(=NN=C1NC(=O)C(CC(=O)O)S1)c1ccc(O)cc1. The predicted octanol–water partition coefficient (Wildman–Crippen LogP) is 1.18. The highest BCUT2D eigenvalue weighted by Crippen LogP contribution is 2.22. The maximum atomic E-state index is 11.5. The van der Waals surface area contributed by atoms with Crippen molar-refractivity contribution in [2.75, 3.05) is 0 Å². The Kier molecular flexibility index (Phi) is 4.59. The number of carboxylic acids is 1. The number of benzene rings is 1. The number of phenols is 1. The van der Waals surface area contributed by atoms with Gasteiger partial charge in [-0.2, -0.15) is 5.10 Å². The Morgan fingerprint density at radius 2 is 2.05 bits per heavy atom. The van der Waals surface area contributed by atoms with Gasteiger partial charge in [0.05, 0.1) is 12.1 Å². The number of aromatic hydroxyl groups is 1. The molecule has 21 heavy (non-hydrogen) atoms. The molecule has 1 aliphatic heterocycles. The monoisotopic (exact) mass is 307 g/mol. The molecule has 0 aromatic heterocycles. The van der Waals surface area contributed by atoms with Crippen LogP contribution in [0.5, 0.6) is 5.75 Å². The summed E-state index contributed by atoms with van der Waals surface area (Å²) in [5, 5.41) is 27.9. The molecule has 1 atom stereocenters. The summed E-state index contributed by atoms with van der Waals surface area (Å²) in [6.45, 7) is 1.74. The number of amides is 1. The Hall–Kier alpha value is -2.35. The van der Waals surface area contributed by atoms with Gasteiger partial charge in [0.2, 0.25) is 5.91 Å². The first-order chi connectivity index (χ1) is 9.95. The molecular weight excluding hydrogens is 294 g/mol. The summed E-state index contributed by atoms with van der Waals surface area (Å²) in [6.07, 6.45) is -0.254. The van der Waals surface area contributed by atoms with Crippen LogP contribution < -0.4 is 5.32 Å². The number of hydrogen-bond donors (Lipinski definition) is 3. The summed E-state index contributed by atoms with van der Waals surface area (Å²) in [6, 6.07) is 6.47. The Bertz CT molecular complexity index is 625. The van der Waals surface area contributed by atoms with Gasteiger partial charge in [-0.3, -0.25) is 9.59 Å². The van der Waals surface area contributed by atoms with Crippen LogP contribution in [0.1, 0.15) is 18.9 Å². The molecule has 1 aromatic rings. The van der Waals surface area contributed by atoms with E-state index >= 15 is 0 Å². The summed E-state index contributed by atoms with van der Waals surface area (Å²) in [4.78, 5) is 22.1. The summed E-state index contributed by atoms with van der Waals surface area (Å²) in [5.41, 5.74) is 1.40. The van der Waals surface area contributed by atoms with Gasteiger partial charge in [0.25, 0.3) is 0 Å². The van der Waals surface area contributed by atoms with Crippen LogP contribution in [0.4, 0.5) is 0 Å². The molecule has 0 aliphatic carbocycles. The van der Waals surface area contributed by atoms with E-state index in [1.807, 2.05) is 0 Å². The minimum absolute atomic E-state index is 0.160. The topological polar surface area (TPSA) is 111 Å². The third kappa shape index (κ3) is 4.06. The number of hydrogen-bond acceptors (Lipinski definition) is 6. The number of carboxylic acid groups (broad SMARTS) is 1. The van der Waals surface area contributed by atoms with Crippen LogP contribution in [0.2, 0.25) is 0 Å². The molecule has 2 rings (SSSR count). The van der Waals surface area contributed by atoms with E-state index in [-0.39, 0.29) is 23.2 Å². The molecule has 1 heterocycles. The smallest absolute Gasteiger partial charge is 0.305 e. The van der Waals surface area contributed by atoms with Crippen molar-refractivity contribution < 1.29 is 19.8 Å². The lowest BCUT2D eigenvalue weighted by Crippen LogP contribution is -2.26. The van der Waals surface area contributed by atoms with Crippen molar-refractivity contribution in [3.05, 3.63) is 29.8 Å². The molecular formula is C13H13N3O4S. The van der Waals surface area contributed by atoms with E-state index in [1.165, 1.54) is 12.1 Å². The number of nitrogens with zero attached hydrogens (tertiary/aromatic N) is 2. The second kappa shape index (κ2) is 6.40. The summed E-state index contributed by atoms with van der Waals surface area (Å²) < 4.78 is 0. The van der Waals surface area contributed by atoms with Crippen molar-refractivity contribution >= 4 is 34.5 Å². The van der Waals surface area contributed by atoms with Gasteiger partial charge in [0.15, 0.2) is 5.17 Å². The molecule has 0 radical (unpaired) electrons. The standard InChI is InChI=1S/C13H13N3O4S/c1-7(8-2-4-9(17)5-3-8)15-16-13-14-12(20)10(21-13)6-11(18)19/h2-5,10,17H,6H2,1H3,(H,18,19)(H,14,16,20). The number of thioether (sulfide) groups is 1. The van der Waals surface area contributed by atoms with E-state index < -0.39 is 11.2 Å². The van der Waals surface area contributed by atoms with E-state index in [0.717, 1.165) is 17.3 Å². The lowest BCUT2D eigenvalue weighted by atomic mass is 10.1. The number of amidine groups is 1. The maximum absolute atomic E-state index is 11.5. The molecule has 1 aliphatic rings. The van der Waals surface area contributed by atoms with Gasteiger partial charge in [0.1, 0.15) is 11.0 Å². The van der Waals surface area contributed by atoms with Crippen molar-refractivity contribution in [3.63, 3.8) is 0 Å². The van der Waals surface area contributed by atoms with Crippen molar-refractivity contribution in [2.45, 2.75) is 18.6 Å². The third-order valence-electron chi connectivity index (χ3n) is 2.71. The fourth-order valence-electron chi connectivity index (χ4n) is 1.63. The molecule has 1 fully saturated rings. The van der Waals surface area contributed by atoms with Gasteiger partial charge in [-0.25, -0.2) is 0 Å². The molecule has 0 saturated carbocycles. The lowest BCUT2D eigenvalue weighted by molar-refractivity contribution is -0.138. The molecule has 0 bridgehead atoms. The van der Waals surface area contributed by atoms with Gasteiger partial charge < -0.3 is 15.5 Å². The van der Waals surface area contributed by atoms with Gasteiger partial charge in [0, 0.05) is 0 Å². The highest BCUT2D eigenvalue weighted by molar-refractivity contribution is 8.15. The molecule has 110 valence electrons. The van der Waals surface area contributed by atoms with Crippen LogP contribution in [0.15, 0.2) is 34.5 Å². The number of phenolic OH excluding ortho intramolecular Hbond substituents is 1. The molecule has 8 heteroatoms. The molecule has 3 N–H and O–H groups in total. The second-order valence-electron chi connectivity index (χ2n) is 4.33. The van der Waals surface area contributed by atoms with E-state index in [9.17, 15) is 14.7 Å². The van der Waals surface area contributed by atoms with Crippen molar-refractivity contribution in [1.82, 2.24) is 5.32 Å². The van der Waals surface area contributed by atoms with Crippen LogP contribution in [0.3, 0.4) is 0 Å². The zero-order chi connectivity index (χ0) is 15.4. The first kappa shape index (κ1) is 15.0. The van der Waals surface area contributed by atoms with Gasteiger partial charge >= 0.3 is 5.97 Å². The zero-order valence-corrected chi connectivity index (χ0v) is 11.9. The molecule has 7 nitrogen and oxygen atoms in total. The Labute approximate surface area is 124 Å². The number of carbonyl (C=O) groups is 2. The minimum Gasteiger partial charge on any atom is -0.508 e. The van der Waals surface area contributed by atoms with E-state index in [4.69, 9.17) is 5.11 Å². The first-order valence-corrected chi connectivity index (χ1v) is 6.94. The lowest BCUT2D eigenvalue weighted by Gasteiger charge is -1.99. The molecule has 1 aromatic carbocycles. The summed E-state index contributed by atoms with van der Waals surface area (Å²) in [5.74, 6) is -1.25. The van der Waals surface area contributed by atoms with Crippen LogP contribution in [0.25, 0.3) is 0 Å². The molecule has 0 spiro atoms. The van der Waals surface area contributed by atoms with Crippen LogP contribution in [-0.2, 0) is 9.59 Å². The number of rotatable bonds is 4. The van der Waals surface area contributed by atoms with Crippen molar-refractivity contribution in [1.29, 1.82) is 0 Å². The van der Waals surface area contributed by atoms with Crippen LogP contribution >= 0.6 is 11.8 Å². The van der Waals surface area contributed by atoms with E-state index in [1.54, 1.807) is 19.1 Å². The molecule has 1 unspecified atom stereocenters. The Balaban J connectivity index is 2.07. The van der Waals surface area contributed by atoms with Crippen LogP contribution in [-0.4, -0.2) is 38.2 Å². The van der Waals surface area contributed by atoms with Crippen molar-refractivity contribution in [2.24, 2.45) is 10.2 Å². The highest BCUT2D eigenvalue weighted by Gasteiger charge is 2.32. The van der Waals surface area contributed by atoms with E-state index in [0.29, 0.717) is 5.71 Å². The molecule has 1 amide bonds. The quantitative estimate of drug-likeness (QED) is 0.571. The van der Waals surface area contributed by atoms with Crippen LogP contribution in [0, 0.1) is 0 Å². The van der Waals surface area contributed by atoms with Gasteiger partial charge in [-0.15, -0.1) is 5.10 Å². The summed E-state index contributed by atoms with van der Waals surface area (Å²) in [7, 11) is 0. The Morgan fingerprint density at radius 3 is 2.67 bits per heavy atom. The fourth-order valence-corrected chi connectivity index (χ4v) is 2.53. The zero-order valence-electron chi connectivity index (χ0n) is 11.1. The third-order valence-corrected chi connectivity index (χ3v) is 3.78. The number of aliphatic carboxylic acids is 1. The number of nitrogens with one attached hydrogen (secondary N) is 1. The first-order valence-electron chi connectivity index (χ1n) is 6.06. The number of carbonyl (C=O) groups excluding carboxylic acids is 1. The van der Waals surface area contributed by atoms with Crippen molar-refractivity contribution in [3.8, 4) is 5.75 Å². The summed E-state index contributed by atoms with van der Waals surface area (Å²) >= 11 is 1.05. The largest absolute Gasteiger partial charge is 0.508 e. The second-order valence-corrected chi connectivity index (χ2v) is 5.52. The normalized spacial score (nSPS) is 20.6. The average Bonchev–Trinajstić information content (AvgIpc) is 2.77. The predicted molar refractivity (Wildman–Crippen MR) is 79.5 cm³/mol. The highest BCUT2D eigenvalue weighted by atomic mass is 32.2. The van der Waals surface area contributed by atoms with Gasteiger partial charge in [-0.05, 0) is 36.8 Å². The van der Waals surface area contributed by atoms with E-state index in [2.05, 4.69) is 15.5 Å². The Morgan fingerprint density at radius 1 is 1.38 bits per heavy atom. The van der Waals surface area contributed by atoms with Gasteiger partial charge in [-0.1, -0.05) is 11.8 Å². The fraction of sp³-hybridized carbons (Fsp3) is 0.231. The average molecular weight is 307 g/mol. The maximum Gasteiger partial charge on any atom is 0.305 e. The minimum atomic E-state index is -1.03. The molecule has 1 saturated heterocycles.